The molecule has 0 aliphatic heterocycles. The van der Waals surface area contributed by atoms with Gasteiger partial charge < -0.3 is 14.8 Å². The fourth-order valence-corrected chi connectivity index (χ4v) is 1.08. The van der Waals surface area contributed by atoms with Gasteiger partial charge in [-0.15, -0.1) is 6.58 Å². The van der Waals surface area contributed by atoms with E-state index < -0.39 is 11.7 Å². The number of methoxy groups -OCH3 is 1. The summed E-state index contributed by atoms with van der Waals surface area (Å²) < 4.78 is 9.60. The molecule has 0 rings (SSSR count). The molecule has 5 heteroatoms. The summed E-state index contributed by atoms with van der Waals surface area (Å²) in [6, 6.07) is -0.302. The van der Waals surface area contributed by atoms with Crippen molar-refractivity contribution in [3.8, 4) is 0 Å². The summed E-state index contributed by atoms with van der Waals surface area (Å²) in [5, 5.41) is 2.62. The lowest BCUT2D eigenvalue weighted by atomic mass is 10.1. The van der Waals surface area contributed by atoms with E-state index in [9.17, 15) is 9.59 Å². The molecule has 0 aromatic carbocycles. The molecule has 0 spiro atoms. The van der Waals surface area contributed by atoms with E-state index in [1.54, 1.807) is 26.8 Å². The summed E-state index contributed by atoms with van der Waals surface area (Å²) >= 11 is 0. The predicted octanol–water partition coefficient (Wildman–Crippen LogP) is 2.02. The van der Waals surface area contributed by atoms with Crippen LogP contribution in [-0.4, -0.2) is 30.8 Å². The zero-order chi connectivity index (χ0) is 13.5. The molecule has 17 heavy (non-hydrogen) atoms. The molecule has 0 saturated heterocycles. The summed E-state index contributed by atoms with van der Waals surface area (Å²) in [6.45, 7) is 8.94. The Labute approximate surface area is 102 Å². The quantitative estimate of drug-likeness (QED) is 0.592. The van der Waals surface area contributed by atoms with Crippen LogP contribution in [0.15, 0.2) is 12.7 Å². The Balaban J connectivity index is 4.09. The third kappa shape index (κ3) is 8.30. The van der Waals surface area contributed by atoms with Gasteiger partial charge in [0, 0.05) is 6.42 Å². The smallest absolute Gasteiger partial charge is 0.408 e. The minimum Gasteiger partial charge on any atom is -0.469 e. The van der Waals surface area contributed by atoms with Crippen LogP contribution >= 0.6 is 0 Å². The lowest BCUT2D eigenvalue weighted by Gasteiger charge is -2.22. The summed E-state index contributed by atoms with van der Waals surface area (Å²) in [5.74, 6) is -0.317. The topological polar surface area (TPSA) is 64.6 Å². The molecule has 5 nitrogen and oxygen atoms in total. The first kappa shape index (κ1) is 15.5. The van der Waals surface area contributed by atoms with Crippen molar-refractivity contribution in [1.29, 1.82) is 0 Å². The Morgan fingerprint density at radius 1 is 1.41 bits per heavy atom. The van der Waals surface area contributed by atoms with E-state index in [-0.39, 0.29) is 18.4 Å². The van der Waals surface area contributed by atoms with Crippen LogP contribution in [0, 0.1) is 0 Å². The number of hydrogen-bond donors (Lipinski definition) is 1. The van der Waals surface area contributed by atoms with Crippen LogP contribution in [0.25, 0.3) is 0 Å². The van der Waals surface area contributed by atoms with Gasteiger partial charge in [-0.3, -0.25) is 4.79 Å². The zero-order valence-corrected chi connectivity index (χ0v) is 10.9. The van der Waals surface area contributed by atoms with E-state index in [1.807, 2.05) is 0 Å². The highest BCUT2D eigenvalue weighted by Crippen LogP contribution is 2.08. The molecule has 1 N–H and O–H groups in total. The van der Waals surface area contributed by atoms with Crippen LogP contribution < -0.4 is 5.32 Å². The highest BCUT2D eigenvalue weighted by molar-refractivity contribution is 5.70. The van der Waals surface area contributed by atoms with E-state index in [0.717, 1.165) is 0 Å². The van der Waals surface area contributed by atoms with Crippen molar-refractivity contribution in [2.24, 2.45) is 0 Å². The molecule has 0 bridgehead atoms. The summed E-state index contributed by atoms with van der Waals surface area (Å²) in [4.78, 5) is 22.4. The molecule has 1 amide bonds. The van der Waals surface area contributed by atoms with Gasteiger partial charge in [0.2, 0.25) is 0 Å². The second-order valence-corrected chi connectivity index (χ2v) is 4.60. The van der Waals surface area contributed by atoms with Crippen LogP contribution in [0.4, 0.5) is 4.79 Å². The maximum atomic E-state index is 11.4. The number of carbonyl (C=O) groups excluding carboxylic acids is 2. The fourth-order valence-electron chi connectivity index (χ4n) is 1.08. The number of rotatable bonds is 5. The number of alkyl carbamates (subject to hydrolysis) is 1. The molecule has 0 saturated carbocycles. The molecular formula is C12H21NO4. The number of ether oxygens (including phenoxy) is 2. The Kier molecular flexibility index (Phi) is 6.31. The van der Waals surface area contributed by atoms with E-state index in [0.29, 0.717) is 6.42 Å². The van der Waals surface area contributed by atoms with Crippen LogP contribution in [0.3, 0.4) is 0 Å². The Hall–Kier alpha value is -1.52. The first-order chi connectivity index (χ1) is 7.78. The lowest BCUT2D eigenvalue weighted by Crippen LogP contribution is -2.38. The molecule has 0 aliphatic carbocycles. The molecule has 0 fully saturated rings. The molecular weight excluding hydrogens is 222 g/mol. The van der Waals surface area contributed by atoms with Crippen LogP contribution in [0.1, 0.15) is 33.6 Å². The number of esters is 1. The van der Waals surface area contributed by atoms with Crippen molar-refractivity contribution >= 4 is 12.1 Å². The fraction of sp³-hybridized carbons (Fsp3) is 0.667. The van der Waals surface area contributed by atoms with Gasteiger partial charge >= 0.3 is 12.1 Å². The lowest BCUT2D eigenvalue weighted by molar-refractivity contribution is -0.140. The van der Waals surface area contributed by atoms with Gasteiger partial charge in [0.05, 0.1) is 13.2 Å². The van der Waals surface area contributed by atoms with Gasteiger partial charge in [-0.1, -0.05) is 6.08 Å². The minimum absolute atomic E-state index is 0.225. The second kappa shape index (κ2) is 6.93. The van der Waals surface area contributed by atoms with Crippen molar-refractivity contribution < 1.29 is 19.1 Å². The molecule has 0 radical (unpaired) electrons. The standard InChI is InChI=1S/C12H21NO4/c1-6-9(7-8-10(14)16-5)13-11(15)17-12(2,3)4/h6,9H,1,7-8H2,2-5H3,(H,13,15)/t9-/m1/s1. The van der Waals surface area contributed by atoms with E-state index in [2.05, 4.69) is 16.6 Å². The number of carbonyl (C=O) groups is 2. The predicted molar refractivity (Wildman–Crippen MR) is 64.6 cm³/mol. The van der Waals surface area contributed by atoms with Gasteiger partial charge in [0.15, 0.2) is 0 Å². The van der Waals surface area contributed by atoms with Crippen molar-refractivity contribution in [3.05, 3.63) is 12.7 Å². The number of hydrogen-bond acceptors (Lipinski definition) is 4. The third-order valence-corrected chi connectivity index (χ3v) is 1.87. The van der Waals surface area contributed by atoms with Crippen LogP contribution in [0.5, 0.6) is 0 Å². The molecule has 0 aromatic heterocycles. The summed E-state index contributed by atoms with van der Waals surface area (Å²) in [6.07, 6.45) is 1.71. The first-order valence-corrected chi connectivity index (χ1v) is 5.47. The van der Waals surface area contributed by atoms with Crippen molar-refractivity contribution in [3.63, 3.8) is 0 Å². The van der Waals surface area contributed by atoms with Crippen molar-refractivity contribution in [2.75, 3.05) is 7.11 Å². The normalized spacial score (nSPS) is 12.5. The molecule has 98 valence electrons. The van der Waals surface area contributed by atoms with Crippen LogP contribution in [0.2, 0.25) is 0 Å². The van der Waals surface area contributed by atoms with Gasteiger partial charge in [0.25, 0.3) is 0 Å². The second-order valence-electron chi connectivity index (χ2n) is 4.60. The number of amides is 1. The Morgan fingerprint density at radius 3 is 2.41 bits per heavy atom. The van der Waals surface area contributed by atoms with Gasteiger partial charge in [-0.25, -0.2) is 4.79 Å². The van der Waals surface area contributed by atoms with Gasteiger partial charge in [-0.05, 0) is 27.2 Å². The van der Waals surface area contributed by atoms with E-state index in [4.69, 9.17) is 4.74 Å². The molecule has 0 aliphatic rings. The highest BCUT2D eigenvalue weighted by atomic mass is 16.6. The zero-order valence-electron chi connectivity index (χ0n) is 10.9. The maximum absolute atomic E-state index is 11.4. The van der Waals surface area contributed by atoms with Gasteiger partial charge in [0.1, 0.15) is 5.60 Å². The third-order valence-electron chi connectivity index (χ3n) is 1.87. The largest absolute Gasteiger partial charge is 0.469 e. The van der Waals surface area contributed by atoms with E-state index in [1.165, 1.54) is 7.11 Å². The Morgan fingerprint density at radius 2 is 2.00 bits per heavy atom. The molecule has 0 unspecified atom stereocenters. The summed E-state index contributed by atoms with van der Waals surface area (Å²) in [7, 11) is 1.33. The molecule has 1 atom stereocenters. The molecule has 0 aromatic rings. The molecule has 0 heterocycles. The van der Waals surface area contributed by atoms with Gasteiger partial charge in [-0.2, -0.15) is 0 Å². The van der Waals surface area contributed by atoms with Crippen molar-refractivity contribution in [2.45, 2.75) is 45.3 Å². The van der Waals surface area contributed by atoms with E-state index >= 15 is 0 Å². The van der Waals surface area contributed by atoms with Crippen molar-refractivity contribution in [1.82, 2.24) is 5.32 Å². The SMILES string of the molecule is C=C[C@H](CCC(=O)OC)NC(=O)OC(C)(C)C. The maximum Gasteiger partial charge on any atom is 0.408 e. The number of nitrogens with one attached hydrogen (secondary N) is 1. The average molecular weight is 243 g/mol. The summed E-state index contributed by atoms with van der Waals surface area (Å²) in [5.41, 5.74) is -0.543. The first-order valence-electron chi connectivity index (χ1n) is 5.47. The average Bonchev–Trinajstić information content (AvgIpc) is 2.20. The Bertz CT molecular complexity index is 281. The minimum atomic E-state index is -0.543. The highest BCUT2D eigenvalue weighted by Gasteiger charge is 2.18. The monoisotopic (exact) mass is 243 g/mol. The van der Waals surface area contributed by atoms with Crippen LogP contribution in [-0.2, 0) is 14.3 Å².